The summed E-state index contributed by atoms with van der Waals surface area (Å²) in [5.41, 5.74) is 7.65. The minimum absolute atomic E-state index is 0.0549. The number of hydrogen-bond donors (Lipinski definition) is 2. The molecule has 0 aliphatic carbocycles. The molecule has 0 unspecified atom stereocenters. The second kappa shape index (κ2) is 12.9. The number of methoxy groups -OCH3 is 1. The lowest BCUT2D eigenvalue weighted by molar-refractivity contribution is -0.123. The Kier molecular flexibility index (Phi) is 9.41. The van der Waals surface area contributed by atoms with E-state index in [0.29, 0.717) is 51.0 Å². The highest BCUT2D eigenvalue weighted by Gasteiger charge is 2.31. The molecule has 1 saturated heterocycles. The first-order valence-corrected chi connectivity index (χ1v) is 13.3. The number of fused-ring (bicyclic) bond motifs is 1. The maximum atomic E-state index is 12.9. The van der Waals surface area contributed by atoms with Crippen molar-refractivity contribution < 1.29 is 23.8 Å². The highest BCUT2D eigenvalue weighted by atomic mass is 16.6. The summed E-state index contributed by atoms with van der Waals surface area (Å²) in [6, 6.07) is 13.0. The molecule has 4 rings (SSSR count). The Morgan fingerprint density at radius 3 is 2.41 bits per heavy atom. The Balaban J connectivity index is 1.26. The van der Waals surface area contributed by atoms with E-state index in [9.17, 15) is 9.59 Å². The normalized spacial score (nSPS) is 16.7. The van der Waals surface area contributed by atoms with Gasteiger partial charge in [0.1, 0.15) is 24.6 Å². The minimum Gasteiger partial charge on any atom is -0.497 e. The number of rotatable bonds is 13. The van der Waals surface area contributed by atoms with Crippen LogP contribution in [0.15, 0.2) is 42.5 Å². The lowest BCUT2D eigenvalue weighted by atomic mass is 9.98. The van der Waals surface area contributed by atoms with Gasteiger partial charge in [-0.2, -0.15) is 0 Å². The number of nitrogens with zero attached hydrogens (tertiary/aromatic N) is 1. The topological polar surface area (TPSA) is 103 Å². The molecule has 8 nitrogen and oxygen atoms in total. The molecule has 2 aromatic rings. The molecule has 0 spiro atoms. The van der Waals surface area contributed by atoms with Gasteiger partial charge < -0.3 is 25.3 Å². The number of amides is 1. The molecular weight excluding hydrogens is 470 g/mol. The van der Waals surface area contributed by atoms with Gasteiger partial charge in [0.15, 0.2) is 17.3 Å². The summed E-state index contributed by atoms with van der Waals surface area (Å²) >= 11 is 0. The van der Waals surface area contributed by atoms with Gasteiger partial charge in [-0.25, -0.2) is 0 Å². The molecule has 1 atom stereocenters. The summed E-state index contributed by atoms with van der Waals surface area (Å²) in [6.45, 7) is 3.67. The van der Waals surface area contributed by atoms with Crippen molar-refractivity contribution >= 4 is 11.7 Å². The van der Waals surface area contributed by atoms with Crippen LogP contribution >= 0.6 is 0 Å². The van der Waals surface area contributed by atoms with E-state index in [1.807, 2.05) is 18.2 Å². The van der Waals surface area contributed by atoms with E-state index < -0.39 is 5.66 Å². The van der Waals surface area contributed by atoms with E-state index >= 15 is 0 Å². The fourth-order valence-electron chi connectivity index (χ4n) is 5.05. The van der Waals surface area contributed by atoms with Crippen molar-refractivity contribution in [2.75, 3.05) is 40.0 Å². The number of nitrogens with one attached hydrogen (secondary N) is 1. The van der Waals surface area contributed by atoms with Gasteiger partial charge >= 0.3 is 0 Å². The van der Waals surface area contributed by atoms with Crippen LogP contribution in [-0.2, 0) is 11.2 Å². The molecule has 200 valence electrons. The Hall–Kier alpha value is -3.10. The fourth-order valence-corrected chi connectivity index (χ4v) is 5.05. The lowest BCUT2D eigenvalue weighted by Gasteiger charge is -2.35. The number of nitrogens with two attached hydrogens (primary N) is 1. The van der Waals surface area contributed by atoms with E-state index in [4.69, 9.17) is 19.9 Å². The second-order valence-corrected chi connectivity index (χ2v) is 10.1. The van der Waals surface area contributed by atoms with E-state index in [2.05, 4.69) is 10.2 Å². The summed E-state index contributed by atoms with van der Waals surface area (Å²) in [5, 5.41) is 3.13. The van der Waals surface area contributed by atoms with Crippen molar-refractivity contribution in [1.82, 2.24) is 10.2 Å². The molecular formula is C29H39N3O5. The van der Waals surface area contributed by atoms with Gasteiger partial charge in [0.2, 0.25) is 5.91 Å². The van der Waals surface area contributed by atoms with Crippen LogP contribution in [0.3, 0.4) is 0 Å². The van der Waals surface area contributed by atoms with Crippen molar-refractivity contribution in [1.29, 1.82) is 0 Å². The van der Waals surface area contributed by atoms with Crippen molar-refractivity contribution in [2.45, 2.75) is 57.0 Å². The molecule has 8 heteroatoms. The van der Waals surface area contributed by atoms with Crippen molar-refractivity contribution in [3.05, 3.63) is 53.6 Å². The van der Waals surface area contributed by atoms with Crippen molar-refractivity contribution in [3.63, 3.8) is 0 Å². The molecule has 0 aromatic heterocycles. The molecule has 2 aliphatic rings. The second-order valence-electron chi connectivity index (χ2n) is 10.1. The van der Waals surface area contributed by atoms with Gasteiger partial charge in [-0.15, -0.1) is 0 Å². The van der Waals surface area contributed by atoms with Crippen LogP contribution in [0.25, 0.3) is 0 Å². The standard InChI is InChI=1S/C29H39N3O5/c1-35-24-12-10-23(11-13-24)25(33)7-3-2-4-8-28(34)31-29(30,21-32-15-5-6-16-32)20-22-9-14-26-27(19-22)37-18-17-36-26/h9-14,19H,2-8,15-18,20-21,30H2,1H3,(H,31,34)/t29-/m0/s1. The zero-order chi connectivity index (χ0) is 26.1. The molecule has 0 bridgehead atoms. The van der Waals surface area contributed by atoms with Crippen molar-refractivity contribution in [3.8, 4) is 17.2 Å². The van der Waals surface area contributed by atoms with Gasteiger partial charge in [0, 0.05) is 31.4 Å². The smallest absolute Gasteiger partial charge is 0.221 e. The van der Waals surface area contributed by atoms with Crippen LogP contribution in [-0.4, -0.2) is 62.2 Å². The van der Waals surface area contributed by atoms with Crippen LogP contribution in [0.2, 0.25) is 0 Å². The zero-order valence-corrected chi connectivity index (χ0v) is 21.8. The van der Waals surface area contributed by atoms with Gasteiger partial charge in [0.25, 0.3) is 0 Å². The fraction of sp³-hybridized carbons (Fsp3) is 0.517. The van der Waals surface area contributed by atoms with E-state index in [0.717, 1.165) is 61.6 Å². The van der Waals surface area contributed by atoms with E-state index in [-0.39, 0.29) is 11.7 Å². The highest BCUT2D eigenvalue weighted by Crippen LogP contribution is 2.31. The Morgan fingerprint density at radius 2 is 1.68 bits per heavy atom. The third kappa shape index (κ3) is 7.94. The maximum absolute atomic E-state index is 12.9. The Morgan fingerprint density at radius 1 is 0.973 bits per heavy atom. The van der Waals surface area contributed by atoms with Crippen LogP contribution in [0, 0.1) is 0 Å². The molecule has 3 N–H and O–H groups in total. The summed E-state index contributed by atoms with van der Waals surface area (Å²) in [6.07, 6.45) is 5.93. The number of unbranched alkanes of at least 4 members (excludes halogenated alkanes) is 2. The zero-order valence-electron chi connectivity index (χ0n) is 21.8. The first-order valence-electron chi connectivity index (χ1n) is 13.3. The van der Waals surface area contributed by atoms with Crippen LogP contribution in [0.1, 0.15) is 60.9 Å². The molecule has 0 saturated carbocycles. The predicted molar refractivity (Wildman–Crippen MR) is 142 cm³/mol. The SMILES string of the molecule is COc1ccc(C(=O)CCCCCC(=O)N[C@@](N)(Cc2ccc3c(c2)OCCO3)CN2CCCC2)cc1. The number of ketones is 1. The van der Waals surface area contributed by atoms with E-state index in [1.165, 1.54) is 0 Å². The van der Waals surface area contributed by atoms with Crippen molar-refractivity contribution in [2.24, 2.45) is 5.73 Å². The molecule has 37 heavy (non-hydrogen) atoms. The summed E-state index contributed by atoms with van der Waals surface area (Å²) in [4.78, 5) is 27.6. The number of likely N-dealkylation sites (tertiary alicyclic amines) is 1. The largest absolute Gasteiger partial charge is 0.497 e. The molecule has 1 fully saturated rings. The number of hydrogen-bond acceptors (Lipinski definition) is 7. The molecule has 0 radical (unpaired) electrons. The van der Waals surface area contributed by atoms with Gasteiger partial charge in [-0.1, -0.05) is 12.5 Å². The average Bonchev–Trinajstić information content (AvgIpc) is 3.40. The number of carbonyl (C=O) groups excluding carboxylic acids is 2. The molecule has 2 heterocycles. The highest BCUT2D eigenvalue weighted by molar-refractivity contribution is 5.96. The molecule has 2 aliphatic heterocycles. The number of carbonyl (C=O) groups is 2. The maximum Gasteiger partial charge on any atom is 0.221 e. The average molecular weight is 510 g/mol. The number of Topliss-reactive ketones (excluding diaryl/α,β-unsaturated/α-hetero) is 1. The summed E-state index contributed by atoms with van der Waals surface area (Å²) in [5.74, 6) is 2.26. The third-order valence-electron chi connectivity index (χ3n) is 6.94. The molecule has 2 aromatic carbocycles. The Labute approximate surface area is 219 Å². The number of benzene rings is 2. The first kappa shape index (κ1) is 26.9. The van der Waals surface area contributed by atoms with E-state index in [1.54, 1.807) is 31.4 Å². The first-order chi connectivity index (χ1) is 17.9. The quantitative estimate of drug-likeness (QED) is 0.241. The minimum atomic E-state index is -0.879. The predicted octanol–water partition coefficient (Wildman–Crippen LogP) is 3.71. The summed E-state index contributed by atoms with van der Waals surface area (Å²) in [7, 11) is 1.60. The lowest BCUT2D eigenvalue weighted by Crippen LogP contribution is -2.63. The molecule has 1 amide bonds. The Bertz CT molecular complexity index is 1050. The number of ether oxygens (including phenoxy) is 3. The van der Waals surface area contributed by atoms with Gasteiger partial charge in [0.05, 0.1) is 7.11 Å². The summed E-state index contributed by atoms with van der Waals surface area (Å²) < 4.78 is 16.5. The monoisotopic (exact) mass is 509 g/mol. The van der Waals surface area contributed by atoms with Crippen LogP contribution < -0.4 is 25.3 Å². The van der Waals surface area contributed by atoms with Crippen LogP contribution in [0.4, 0.5) is 0 Å². The third-order valence-corrected chi connectivity index (χ3v) is 6.94. The van der Waals surface area contributed by atoms with Gasteiger partial charge in [-0.3, -0.25) is 14.5 Å². The van der Waals surface area contributed by atoms with Gasteiger partial charge in [-0.05, 0) is 80.7 Å². The van der Waals surface area contributed by atoms with Crippen LogP contribution in [0.5, 0.6) is 17.2 Å².